The zero-order valence-corrected chi connectivity index (χ0v) is 11.8. The van der Waals surface area contributed by atoms with Crippen molar-refractivity contribution in [1.82, 2.24) is 10.3 Å². The van der Waals surface area contributed by atoms with E-state index in [0.717, 1.165) is 31.4 Å². The summed E-state index contributed by atoms with van der Waals surface area (Å²) in [6.07, 6.45) is 5.41. The summed E-state index contributed by atoms with van der Waals surface area (Å²) in [7, 11) is 0. The van der Waals surface area contributed by atoms with Crippen molar-refractivity contribution in [3.63, 3.8) is 0 Å². The van der Waals surface area contributed by atoms with E-state index in [4.69, 9.17) is 0 Å². The lowest BCUT2D eigenvalue weighted by molar-refractivity contribution is 0.0839. The Balaban J connectivity index is 1.68. The molecule has 2 N–H and O–H groups in total. The summed E-state index contributed by atoms with van der Waals surface area (Å²) < 4.78 is 0. The Hall–Kier alpha value is -1.13. The largest absolute Gasteiger partial charge is 0.388 e. The third-order valence-corrected chi connectivity index (χ3v) is 4.03. The van der Waals surface area contributed by atoms with Crippen molar-refractivity contribution in [2.24, 2.45) is 0 Å². The third-order valence-electron chi connectivity index (χ3n) is 4.03. The number of nitrogens with zero attached hydrogens (tertiary/aromatic N) is 2. The normalized spacial score (nSPS) is 27.0. The van der Waals surface area contributed by atoms with Crippen LogP contribution < -0.4 is 10.2 Å². The van der Waals surface area contributed by atoms with Gasteiger partial charge in [-0.05, 0) is 50.3 Å². The first kappa shape index (κ1) is 12.9. The molecule has 2 heterocycles. The number of pyridine rings is 1. The van der Waals surface area contributed by atoms with E-state index >= 15 is 0 Å². The molecule has 1 aromatic heterocycles. The first-order valence-corrected chi connectivity index (χ1v) is 7.20. The van der Waals surface area contributed by atoms with Gasteiger partial charge in [0.05, 0.1) is 5.60 Å². The molecule has 1 aliphatic carbocycles. The molecule has 0 aromatic carbocycles. The first-order valence-electron chi connectivity index (χ1n) is 7.20. The fourth-order valence-electron chi connectivity index (χ4n) is 2.73. The number of nitrogens with one attached hydrogen (secondary N) is 1. The average Bonchev–Trinajstić information content (AvgIpc) is 3.11. The van der Waals surface area contributed by atoms with Gasteiger partial charge in [-0.15, -0.1) is 0 Å². The highest BCUT2D eigenvalue weighted by Crippen LogP contribution is 2.27. The van der Waals surface area contributed by atoms with Crippen LogP contribution in [0.1, 0.15) is 37.3 Å². The second-order valence-electron chi connectivity index (χ2n) is 6.31. The Morgan fingerprint density at radius 1 is 1.53 bits per heavy atom. The average molecular weight is 261 g/mol. The second-order valence-corrected chi connectivity index (χ2v) is 6.31. The van der Waals surface area contributed by atoms with Crippen molar-refractivity contribution in [2.75, 3.05) is 18.0 Å². The molecule has 1 saturated carbocycles. The van der Waals surface area contributed by atoms with E-state index in [9.17, 15) is 5.11 Å². The molecule has 2 aliphatic rings. The molecule has 0 amide bonds. The van der Waals surface area contributed by atoms with Gasteiger partial charge in [-0.1, -0.05) is 0 Å². The molecular weight excluding hydrogens is 238 g/mol. The minimum atomic E-state index is -0.569. The Kier molecular flexibility index (Phi) is 3.23. The number of hydrogen-bond acceptors (Lipinski definition) is 4. The molecule has 1 saturated heterocycles. The maximum atomic E-state index is 10.0. The van der Waals surface area contributed by atoms with Gasteiger partial charge in [0.25, 0.3) is 0 Å². The lowest BCUT2D eigenvalue weighted by Gasteiger charge is -2.21. The number of aromatic nitrogens is 1. The standard InChI is InChI=1S/C15H23N3O/c1-11-7-12(8-16-13-3-4-13)9-17-14(11)18-6-5-15(2,19)10-18/h7,9,13,16,19H,3-6,8,10H2,1-2H3. The molecule has 19 heavy (non-hydrogen) atoms. The fraction of sp³-hybridized carbons (Fsp3) is 0.667. The van der Waals surface area contributed by atoms with Gasteiger partial charge >= 0.3 is 0 Å². The van der Waals surface area contributed by atoms with E-state index in [-0.39, 0.29) is 0 Å². The van der Waals surface area contributed by atoms with Crippen molar-refractivity contribution < 1.29 is 5.11 Å². The Morgan fingerprint density at radius 3 is 2.89 bits per heavy atom. The van der Waals surface area contributed by atoms with E-state index in [2.05, 4.69) is 28.2 Å². The highest BCUT2D eigenvalue weighted by Gasteiger charge is 2.32. The minimum Gasteiger partial charge on any atom is -0.388 e. The van der Waals surface area contributed by atoms with Crippen molar-refractivity contribution >= 4 is 5.82 Å². The fourth-order valence-corrected chi connectivity index (χ4v) is 2.73. The Bertz CT molecular complexity index is 468. The maximum absolute atomic E-state index is 10.0. The summed E-state index contributed by atoms with van der Waals surface area (Å²) in [5, 5.41) is 13.6. The third kappa shape index (κ3) is 3.07. The molecule has 1 aromatic rings. The van der Waals surface area contributed by atoms with Crippen LogP contribution in [-0.2, 0) is 6.54 Å². The number of aryl methyl sites for hydroxylation is 1. The first-order chi connectivity index (χ1) is 9.03. The molecular formula is C15H23N3O. The summed E-state index contributed by atoms with van der Waals surface area (Å²) in [5.41, 5.74) is 1.88. The van der Waals surface area contributed by atoms with Crippen molar-refractivity contribution in [3.05, 3.63) is 23.4 Å². The molecule has 3 rings (SSSR count). The number of hydrogen-bond donors (Lipinski definition) is 2. The van der Waals surface area contributed by atoms with Crippen molar-refractivity contribution in [1.29, 1.82) is 0 Å². The van der Waals surface area contributed by atoms with Gasteiger partial charge in [0.1, 0.15) is 5.82 Å². The van der Waals surface area contributed by atoms with Crippen LogP contribution in [0, 0.1) is 6.92 Å². The summed E-state index contributed by atoms with van der Waals surface area (Å²) in [6, 6.07) is 2.94. The highest BCUT2D eigenvalue weighted by molar-refractivity contribution is 5.48. The van der Waals surface area contributed by atoms with E-state index in [1.54, 1.807) is 0 Å². The zero-order valence-electron chi connectivity index (χ0n) is 11.8. The monoisotopic (exact) mass is 261 g/mol. The molecule has 1 unspecified atom stereocenters. The van der Waals surface area contributed by atoms with Crippen LogP contribution >= 0.6 is 0 Å². The van der Waals surface area contributed by atoms with Gasteiger partial charge in [0.15, 0.2) is 0 Å². The van der Waals surface area contributed by atoms with Gasteiger partial charge in [-0.2, -0.15) is 0 Å². The molecule has 4 nitrogen and oxygen atoms in total. The molecule has 4 heteroatoms. The summed E-state index contributed by atoms with van der Waals surface area (Å²) in [4.78, 5) is 6.79. The zero-order chi connectivity index (χ0) is 13.5. The lowest BCUT2D eigenvalue weighted by atomic mass is 10.1. The van der Waals surface area contributed by atoms with Gasteiger partial charge < -0.3 is 15.3 Å². The second kappa shape index (κ2) is 4.76. The quantitative estimate of drug-likeness (QED) is 0.864. The van der Waals surface area contributed by atoms with E-state index in [1.807, 2.05) is 13.1 Å². The Labute approximate surface area is 114 Å². The SMILES string of the molecule is Cc1cc(CNC2CC2)cnc1N1CCC(C)(O)C1. The minimum absolute atomic E-state index is 0.569. The van der Waals surface area contributed by atoms with Crippen molar-refractivity contribution in [2.45, 2.75) is 51.3 Å². The molecule has 1 atom stereocenters. The number of rotatable bonds is 4. The lowest BCUT2D eigenvalue weighted by Crippen LogP contribution is -2.30. The summed E-state index contributed by atoms with van der Waals surface area (Å²) in [6.45, 7) is 6.49. The highest BCUT2D eigenvalue weighted by atomic mass is 16.3. The van der Waals surface area contributed by atoms with E-state index in [1.165, 1.54) is 24.0 Å². The van der Waals surface area contributed by atoms with Crippen LogP contribution in [0.25, 0.3) is 0 Å². The van der Waals surface area contributed by atoms with Gasteiger partial charge in [0.2, 0.25) is 0 Å². The number of β-amino-alcohol motifs (C(OH)–C–C–N with tert-alkyl or cyclic N) is 1. The summed E-state index contributed by atoms with van der Waals surface area (Å²) in [5.74, 6) is 1.02. The molecule has 2 fully saturated rings. The molecule has 0 spiro atoms. The van der Waals surface area contributed by atoms with Crippen LogP contribution in [0.5, 0.6) is 0 Å². The molecule has 0 bridgehead atoms. The number of aliphatic hydroxyl groups is 1. The maximum Gasteiger partial charge on any atom is 0.131 e. The molecule has 1 aliphatic heterocycles. The van der Waals surface area contributed by atoms with E-state index in [0.29, 0.717) is 6.54 Å². The number of anilines is 1. The van der Waals surface area contributed by atoms with Gasteiger partial charge in [0, 0.05) is 31.9 Å². The van der Waals surface area contributed by atoms with Crippen LogP contribution in [0.3, 0.4) is 0 Å². The van der Waals surface area contributed by atoms with Crippen LogP contribution in [0.4, 0.5) is 5.82 Å². The summed E-state index contributed by atoms with van der Waals surface area (Å²) >= 11 is 0. The van der Waals surface area contributed by atoms with Gasteiger partial charge in [-0.25, -0.2) is 4.98 Å². The van der Waals surface area contributed by atoms with Crippen LogP contribution in [0.15, 0.2) is 12.3 Å². The van der Waals surface area contributed by atoms with Crippen LogP contribution in [-0.4, -0.2) is 34.8 Å². The Morgan fingerprint density at radius 2 is 2.32 bits per heavy atom. The smallest absolute Gasteiger partial charge is 0.131 e. The van der Waals surface area contributed by atoms with E-state index < -0.39 is 5.60 Å². The predicted molar refractivity (Wildman–Crippen MR) is 76.3 cm³/mol. The topological polar surface area (TPSA) is 48.4 Å². The van der Waals surface area contributed by atoms with Gasteiger partial charge in [-0.3, -0.25) is 0 Å². The molecule has 0 radical (unpaired) electrons. The van der Waals surface area contributed by atoms with Crippen molar-refractivity contribution in [3.8, 4) is 0 Å². The molecule has 104 valence electrons. The van der Waals surface area contributed by atoms with Crippen LogP contribution in [0.2, 0.25) is 0 Å². The predicted octanol–water partition coefficient (Wildman–Crippen LogP) is 1.60.